The molecular formula is C21H20F3N3. The van der Waals surface area contributed by atoms with Gasteiger partial charge in [-0.25, -0.2) is 4.98 Å². The first-order chi connectivity index (χ1) is 12.9. The summed E-state index contributed by atoms with van der Waals surface area (Å²) in [6, 6.07) is 15.4. The molecule has 1 fully saturated rings. The summed E-state index contributed by atoms with van der Waals surface area (Å²) in [5.41, 5.74) is 2.24. The summed E-state index contributed by atoms with van der Waals surface area (Å²) >= 11 is 0. The molecule has 3 nitrogen and oxygen atoms in total. The molecule has 0 unspecified atom stereocenters. The van der Waals surface area contributed by atoms with E-state index in [9.17, 15) is 13.2 Å². The number of hydrogen-bond donors (Lipinski definition) is 0. The van der Waals surface area contributed by atoms with Gasteiger partial charge < -0.3 is 9.80 Å². The normalized spacial score (nSPS) is 16.1. The molecule has 1 aliphatic heterocycles. The fourth-order valence-electron chi connectivity index (χ4n) is 3.45. The number of anilines is 1. The third kappa shape index (κ3) is 3.62. The van der Waals surface area contributed by atoms with Crippen LogP contribution < -0.4 is 4.90 Å². The molecule has 6 heteroatoms. The quantitative estimate of drug-likeness (QED) is 0.652. The molecule has 1 aromatic heterocycles. The van der Waals surface area contributed by atoms with Gasteiger partial charge in [0.15, 0.2) is 0 Å². The number of halogens is 3. The second-order valence-corrected chi connectivity index (χ2v) is 6.91. The number of hydrogen-bond acceptors (Lipinski definition) is 3. The van der Waals surface area contributed by atoms with Crippen molar-refractivity contribution in [3.8, 4) is 11.3 Å². The second kappa shape index (κ2) is 6.85. The fourth-order valence-corrected chi connectivity index (χ4v) is 3.45. The molecule has 1 saturated heterocycles. The Hall–Kier alpha value is -2.60. The molecule has 0 radical (unpaired) electrons. The minimum atomic E-state index is -4.38. The summed E-state index contributed by atoms with van der Waals surface area (Å²) in [7, 11) is 2.08. The smallest absolute Gasteiger partial charge is 0.368 e. The van der Waals surface area contributed by atoms with Gasteiger partial charge in [0.05, 0.1) is 16.8 Å². The van der Waals surface area contributed by atoms with Crippen molar-refractivity contribution in [2.75, 3.05) is 38.1 Å². The van der Waals surface area contributed by atoms with Gasteiger partial charge in [-0.1, -0.05) is 36.4 Å². The highest BCUT2D eigenvalue weighted by molar-refractivity contribution is 5.94. The van der Waals surface area contributed by atoms with Crippen LogP contribution in [-0.4, -0.2) is 43.1 Å². The van der Waals surface area contributed by atoms with Crippen LogP contribution in [0.3, 0.4) is 0 Å². The average Bonchev–Trinajstić information content (AvgIpc) is 2.67. The SMILES string of the molecule is CN1CCN(c2cc(-c3ccccc3)nc3cc(C(F)(F)F)ccc23)CC1. The van der Waals surface area contributed by atoms with Crippen molar-refractivity contribution in [1.82, 2.24) is 9.88 Å². The Bertz CT molecular complexity index is 946. The van der Waals surface area contributed by atoms with E-state index < -0.39 is 11.7 Å². The summed E-state index contributed by atoms with van der Waals surface area (Å²) in [6.45, 7) is 3.52. The highest BCUT2D eigenvalue weighted by Crippen LogP contribution is 2.36. The van der Waals surface area contributed by atoms with Gasteiger partial charge >= 0.3 is 6.18 Å². The van der Waals surface area contributed by atoms with Crippen molar-refractivity contribution in [2.45, 2.75) is 6.18 Å². The molecule has 0 bridgehead atoms. The summed E-state index contributed by atoms with van der Waals surface area (Å²) in [4.78, 5) is 9.04. The van der Waals surface area contributed by atoms with Crippen molar-refractivity contribution in [1.29, 1.82) is 0 Å². The molecule has 0 spiro atoms. The third-order valence-corrected chi connectivity index (χ3v) is 5.03. The number of benzene rings is 2. The number of pyridine rings is 1. The number of likely N-dealkylation sites (N-methyl/N-ethyl adjacent to an activating group) is 1. The van der Waals surface area contributed by atoms with Crippen LogP contribution in [0.15, 0.2) is 54.6 Å². The largest absolute Gasteiger partial charge is 0.416 e. The van der Waals surface area contributed by atoms with Gasteiger partial charge in [0.2, 0.25) is 0 Å². The number of nitrogens with zero attached hydrogens (tertiary/aromatic N) is 3. The first-order valence-electron chi connectivity index (χ1n) is 8.93. The Morgan fingerprint density at radius 1 is 0.889 bits per heavy atom. The average molecular weight is 371 g/mol. The molecular weight excluding hydrogens is 351 g/mol. The predicted octanol–water partition coefficient (Wildman–Crippen LogP) is 4.67. The first-order valence-corrected chi connectivity index (χ1v) is 8.93. The van der Waals surface area contributed by atoms with Crippen LogP contribution in [0.1, 0.15) is 5.56 Å². The summed E-state index contributed by atoms with van der Waals surface area (Å²) < 4.78 is 39.6. The van der Waals surface area contributed by atoms with Crippen molar-refractivity contribution in [2.24, 2.45) is 0 Å². The third-order valence-electron chi connectivity index (χ3n) is 5.03. The fraction of sp³-hybridized carbons (Fsp3) is 0.286. The van der Waals surface area contributed by atoms with E-state index in [0.29, 0.717) is 11.2 Å². The molecule has 0 N–H and O–H groups in total. The van der Waals surface area contributed by atoms with Gasteiger partial charge in [0, 0.05) is 42.8 Å². The van der Waals surface area contributed by atoms with Crippen LogP contribution in [0.4, 0.5) is 18.9 Å². The molecule has 0 saturated carbocycles. The Labute approximate surface area is 156 Å². The molecule has 0 amide bonds. The predicted molar refractivity (Wildman–Crippen MR) is 102 cm³/mol. The highest BCUT2D eigenvalue weighted by atomic mass is 19.4. The van der Waals surface area contributed by atoms with E-state index in [4.69, 9.17) is 0 Å². The molecule has 3 aromatic rings. The standard InChI is InChI=1S/C21H20F3N3/c1-26-9-11-27(12-10-26)20-14-18(15-5-3-2-4-6-15)25-19-13-16(21(22,23)24)7-8-17(19)20/h2-8,13-14H,9-12H2,1H3. The minimum Gasteiger partial charge on any atom is -0.368 e. The Kier molecular flexibility index (Phi) is 4.52. The van der Waals surface area contributed by atoms with Crippen molar-refractivity contribution in [3.63, 3.8) is 0 Å². The van der Waals surface area contributed by atoms with E-state index in [-0.39, 0.29) is 0 Å². The van der Waals surface area contributed by atoms with E-state index >= 15 is 0 Å². The lowest BCUT2D eigenvalue weighted by atomic mass is 10.0. The van der Waals surface area contributed by atoms with Gasteiger partial charge in [0.25, 0.3) is 0 Å². The van der Waals surface area contributed by atoms with Crippen LogP contribution in [0.5, 0.6) is 0 Å². The monoisotopic (exact) mass is 371 g/mol. The van der Waals surface area contributed by atoms with Gasteiger partial charge in [-0.2, -0.15) is 13.2 Å². The van der Waals surface area contributed by atoms with Gasteiger partial charge in [-0.05, 0) is 25.2 Å². The molecule has 2 aromatic carbocycles. The van der Waals surface area contributed by atoms with Crippen LogP contribution in [0.25, 0.3) is 22.2 Å². The molecule has 1 aliphatic rings. The van der Waals surface area contributed by atoms with Crippen LogP contribution in [0.2, 0.25) is 0 Å². The number of rotatable bonds is 2. The summed E-state index contributed by atoms with van der Waals surface area (Å²) in [6.07, 6.45) is -4.38. The van der Waals surface area contributed by atoms with Crippen LogP contribution in [0, 0.1) is 0 Å². The Balaban J connectivity index is 1.88. The number of alkyl halides is 3. The molecule has 4 rings (SSSR count). The van der Waals surface area contributed by atoms with Crippen molar-refractivity contribution < 1.29 is 13.2 Å². The number of piperazine rings is 1. The van der Waals surface area contributed by atoms with E-state index in [2.05, 4.69) is 21.8 Å². The lowest BCUT2D eigenvalue weighted by Crippen LogP contribution is -2.44. The molecule has 27 heavy (non-hydrogen) atoms. The van der Waals surface area contributed by atoms with E-state index in [1.807, 2.05) is 36.4 Å². The molecule has 0 aliphatic carbocycles. The maximum atomic E-state index is 13.2. The summed E-state index contributed by atoms with van der Waals surface area (Å²) in [5.74, 6) is 0. The number of fused-ring (bicyclic) bond motifs is 1. The lowest BCUT2D eigenvalue weighted by molar-refractivity contribution is -0.137. The minimum absolute atomic E-state index is 0.375. The van der Waals surface area contributed by atoms with Crippen LogP contribution >= 0.6 is 0 Å². The topological polar surface area (TPSA) is 19.4 Å². The van der Waals surface area contributed by atoms with E-state index in [1.165, 1.54) is 0 Å². The summed E-state index contributed by atoms with van der Waals surface area (Å²) in [5, 5.41) is 0.757. The first kappa shape index (κ1) is 17.8. The van der Waals surface area contributed by atoms with E-state index in [0.717, 1.165) is 54.9 Å². The Morgan fingerprint density at radius 2 is 1.59 bits per heavy atom. The maximum Gasteiger partial charge on any atom is 0.416 e. The zero-order chi connectivity index (χ0) is 19.0. The molecule has 2 heterocycles. The molecule has 0 atom stereocenters. The zero-order valence-corrected chi connectivity index (χ0v) is 15.0. The zero-order valence-electron chi connectivity index (χ0n) is 15.0. The lowest BCUT2D eigenvalue weighted by Gasteiger charge is -2.35. The maximum absolute atomic E-state index is 13.2. The van der Waals surface area contributed by atoms with Crippen molar-refractivity contribution >= 4 is 16.6 Å². The van der Waals surface area contributed by atoms with Gasteiger partial charge in [0.1, 0.15) is 0 Å². The number of aromatic nitrogens is 1. The van der Waals surface area contributed by atoms with Gasteiger partial charge in [-0.15, -0.1) is 0 Å². The van der Waals surface area contributed by atoms with Crippen molar-refractivity contribution in [3.05, 3.63) is 60.2 Å². The van der Waals surface area contributed by atoms with E-state index in [1.54, 1.807) is 6.07 Å². The highest BCUT2D eigenvalue weighted by Gasteiger charge is 2.31. The Morgan fingerprint density at radius 3 is 2.26 bits per heavy atom. The van der Waals surface area contributed by atoms with Crippen LogP contribution in [-0.2, 0) is 6.18 Å². The molecule has 140 valence electrons. The van der Waals surface area contributed by atoms with Gasteiger partial charge in [-0.3, -0.25) is 0 Å². The second-order valence-electron chi connectivity index (χ2n) is 6.91.